The number of benzene rings is 2. The summed E-state index contributed by atoms with van der Waals surface area (Å²) in [6.45, 7) is -0.580. The number of alkyl carbamates (subject to hydrolysis) is 1. The smallest absolute Gasteiger partial charge is 0.455 e. The summed E-state index contributed by atoms with van der Waals surface area (Å²) in [5.41, 5.74) is 0. The summed E-state index contributed by atoms with van der Waals surface area (Å²) in [6, 6.07) is 12.4. The molecule has 2 aromatic carbocycles. The number of aliphatic hydroxyl groups is 1. The molecule has 0 unspecified atom stereocenters. The third-order valence-corrected chi connectivity index (χ3v) is 12.0. The Labute approximate surface area is 401 Å². The van der Waals surface area contributed by atoms with E-state index in [0.29, 0.717) is 6.42 Å². The minimum Gasteiger partial charge on any atom is -0.455 e. The zero-order chi connectivity index (χ0) is 47.4. The lowest BCUT2D eigenvalue weighted by Gasteiger charge is -2.50. The van der Waals surface area contributed by atoms with Gasteiger partial charge in [0.1, 0.15) is 50.0 Å². The van der Waals surface area contributed by atoms with Crippen LogP contribution in [0.5, 0.6) is 11.5 Å². The average molecular weight is 1040 g/mol. The number of carbonyl (C=O) groups excluding carboxylic acids is 5. The Balaban J connectivity index is 2.10. The van der Waals surface area contributed by atoms with Crippen LogP contribution >= 0.6 is 77.2 Å². The Morgan fingerprint density at radius 1 is 0.750 bits per heavy atom. The highest BCUT2D eigenvalue weighted by Gasteiger charge is 2.72. The summed E-state index contributed by atoms with van der Waals surface area (Å²) in [4.78, 5) is 65.3. The van der Waals surface area contributed by atoms with Crippen molar-refractivity contribution in [2.24, 2.45) is 0 Å². The first-order valence-electron chi connectivity index (χ1n) is 20.1. The first-order chi connectivity index (χ1) is 30.2. The van der Waals surface area contributed by atoms with E-state index in [9.17, 15) is 29.1 Å². The molecule has 1 heterocycles. The van der Waals surface area contributed by atoms with Gasteiger partial charge in [0.2, 0.25) is 19.8 Å². The number of unbranched alkanes of at least 4 members (excludes halogenated alkanes) is 8. The van der Waals surface area contributed by atoms with Crippen molar-refractivity contribution in [1.82, 2.24) is 10.6 Å². The van der Waals surface area contributed by atoms with Crippen LogP contribution in [0.4, 0.5) is 9.59 Å². The summed E-state index contributed by atoms with van der Waals surface area (Å²) in [5, 5.41) is 14.4. The molecule has 1 saturated heterocycles. The van der Waals surface area contributed by atoms with Gasteiger partial charge >= 0.3 is 31.8 Å². The van der Waals surface area contributed by atoms with Crippen molar-refractivity contribution in [2.45, 2.75) is 116 Å². The molecular formula is C40H51Cl6N2O15P. The molecule has 0 radical (unpaired) electrons. The number of alkyl halides is 6. The quantitative estimate of drug-likeness (QED) is 0.0293. The molecule has 1 aliphatic rings. The van der Waals surface area contributed by atoms with Crippen molar-refractivity contribution in [3.63, 3.8) is 0 Å². The van der Waals surface area contributed by atoms with Crippen LogP contribution in [0.1, 0.15) is 78.1 Å². The molecular weight excluding hydrogens is 992 g/mol. The number of amides is 2. The van der Waals surface area contributed by atoms with Crippen LogP contribution in [0.3, 0.4) is 0 Å². The Morgan fingerprint density at radius 3 is 1.78 bits per heavy atom. The molecule has 3 N–H and O–H groups in total. The van der Waals surface area contributed by atoms with Crippen molar-refractivity contribution in [3.05, 3.63) is 60.7 Å². The fourth-order valence-electron chi connectivity index (χ4n) is 6.09. The van der Waals surface area contributed by atoms with E-state index >= 15 is 4.57 Å². The summed E-state index contributed by atoms with van der Waals surface area (Å²) in [6.07, 6.45) is -0.611. The molecule has 0 saturated carbocycles. The maximum Gasteiger partial charge on any atom is 0.508 e. The van der Waals surface area contributed by atoms with Crippen LogP contribution in [0.15, 0.2) is 60.7 Å². The van der Waals surface area contributed by atoms with Gasteiger partial charge in [-0.1, -0.05) is 164 Å². The molecule has 0 bridgehead atoms. The van der Waals surface area contributed by atoms with Crippen molar-refractivity contribution in [3.8, 4) is 11.5 Å². The molecule has 0 aliphatic carbocycles. The number of halogens is 6. The Hall–Kier alpha value is -3.12. The molecule has 2 aromatic rings. The largest absolute Gasteiger partial charge is 0.508 e. The van der Waals surface area contributed by atoms with E-state index in [-0.39, 0.29) is 17.9 Å². The number of para-hydroxylation sites is 2. The highest BCUT2D eigenvalue weighted by molar-refractivity contribution is 7.56. The number of hydrogen-bond donors (Lipinski definition) is 3. The molecule has 5 atom stereocenters. The van der Waals surface area contributed by atoms with Gasteiger partial charge in [-0.2, -0.15) is 0 Å². The van der Waals surface area contributed by atoms with E-state index in [1.807, 2.05) is 0 Å². The van der Waals surface area contributed by atoms with Gasteiger partial charge < -0.3 is 53.2 Å². The highest BCUT2D eigenvalue weighted by Crippen LogP contribution is 2.63. The molecule has 1 fully saturated rings. The minimum atomic E-state index is -5.50. The first kappa shape index (κ1) is 55.2. The van der Waals surface area contributed by atoms with Gasteiger partial charge in [0, 0.05) is 13.3 Å². The lowest BCUT2D eigenvalue weighted by atomic mass is 9.95. The highest BCUT2D eigenvalue weighted by atomic mass is 35.6. The standard InChI is InChI=1S/C40H51Cl6N2O15P/c1-3-4-5-6-7-8-9-10-17-22-31(50)47-23-32(51)61-34-33(48-36(52)57-25-38(41,42)43)35(59-27(2)49)60-30(24-56-37(53)58-26-39(44,45)46)40(34,54)64(55,62-28-18-13-11-14-19-28)63-29-20-15-12-16-21-29/h11-16,18-21,30,33-35,54H,3-10,17,22-26H2,1-2H3,(H,47,50)(H,48,52)/t30-,33+,34-,35+,40+/m1/s1. The van der Waals surface area contributed by atoms with Gasteiger partial charge in [-0.3, -0.25) is 14.4 Å². The lowest BCUT2D eigenvalue weighted by molar-refractivity contribution is -0.280. The zero-order valence-corrected chi connectivity index (χ0v) is 40.3. The molecule has 24 heteroatoms. The van der Waals surface area contributed by atoms with Crippen LogP contribution in [0.25, 0.3) is 0 Å². The Morgan fingerprint density at radius 2 is 1.27 bits per heavy atom. The molecule has 0 aromatic heterocycles. The lowest BCUT2D eigenvalue weighted by Crippen LogP contribution is -2.72. The summed E-state index contributed by atoms with van der Waals surface area (Å²) in [5.74, 6) is -3.23. The van der Waals surface area contributed by atoms with E-state index in [1.165, 1.54) is 61.4 Å². The zero-order valence-electron chi connectivity index (χ0n) is 34.9. The van der Waals surface area contributed by atoms with Crippen LogP contribution in [0, 0.1) is 0 Å². The van der Waals surface area contributed by atoms with E-state index in [2.05, 4.69) is 17.6 Å². The molecule has 2 amide bonds. The second-order valence-electron chi connectivity index (χ2n) is 14.3. The van der Waals surface area contributed by atoms with Gasteiger partial charge in [0.25, 0.3) is 5.34 Å². The third-order valence-electron chi connectivity index (χ3n) is 9.02. The van der Waals surface area contributed by atoms with Crippen LogP contribution < -0.4 is 19.7 Å². The van der Waals surface area contributed by atoms with Crippen molar-refractivity contribution >= 4 is 107 Å². The number of esters is 2. The monoisotopic (exact) mass is 1040 g/mol. The van der Waals surface area contributed by atoms with Crippen LogP contribution in [-0.2, 0) is 47.4 Å². The van der Waals surface area contributed by atoms with Crippen molar-refractivity contribution in [1.29, 1.82) is 0 Å². The Kier molecular flexibility index (Phi) is 23.2. The number of carbonyl (C=O) groups is 5. The second kappa shape index (κ2) is 26.9. The van der Waals surface area contributed by atoms with Gasteiger partial charge in [-0.15, -0.1) is 0 Å². The van der Waals surface area contributed by atoms with Gasteiger partial charge in [0.15, 0.2) is 6.10 Å². The molecule has 0 spiro atoms. The summed E-state index contributed by atoms with van der Waals surface area (Å²) < 4.78 is 55.5. The van der Waals surface area contributed by atoms with Crippen LogP contribution in [-0.4, -0.2) is 99.0 Å². The van der Waals surface area contributed by atoms with Gasteiger partial charge in [0.05, 0.1) is 0 Å². The molecule has 358 valence electrons. The Bertz CT molecular complexity index is 1800. The van der Waals surface area contributed by atoms with Gasteiger partial charge in [-0.05, 0) is 30.7 Å². The number of nitrogens with one attached hydrogen (secondary N) is 2. The first-order valence-corrected chi connectivity index (χ1v) is 23.9. The molecule has 17 nitrogen and oxygen atoms in total. The van der Waals surface area contributed by atoms with Crippen LogP contribution in [0.2, 0.25) is 0 Å². The minimum absolute atomic E-state index is 0.0664. The van der Waals surface area contributed by atoms with E-state index < -0.39 is 102 Å². The van der Waals surface area contributed by atoms with E-state index in [1.54, 1.807) is 12.1 Å². The summed E-state index contributed by atoms with van der Waals surface area (Å²) >= 11 is 34.5. The molecule has 3 rings (SSSR count). The maximum absolute atomic E-state index is 15.7. The SMILES string of the molecule is CCCCCCCCCCCC(=O)NCC(=O)O[C@@H]1[C@H](NC(=O)OCC(Cl)(Cl)Cl)[C@@H](OC(C)=O)O[C@H](COC(=O)OCC(Cl)(Cl)Cl)[C@]1(O)P(=O)(Oc1ccccc1)Oc1ccccc1. The average Bonchev–Trinajstić information content (AvgIpc) is 3.22. The number of hydrogen-bond acceptors (Lipinski definition) is 15. The van der Waals surface area contributed by atoms with E-state index in [4.69, 9.17) is 107 Å². The fraction of sp³-hybridized carbons (Fsp3) is 0.575. The summed E-state index contributed by atoms with van der Waals surface area (Å²) in [7, 11) is -5.50. The second-order valence-corrected chi connectivity index (χ2v) is 21.4. The maximum atomic E-state index is 15.7. The number of rotatable bonds is 24. The predicted octanol–water partition coefficient (Wildman–Crippen LogP) is 9.25. The van der Waals surface area contributed by atoms with Gasteiger partial charge in [-0.25, -0.2) is 14.2 Å². The normalized spacial score (nSPS) is 20.0. The molecule has 64 heavy (non-hydrogen) atoms. The number of ether oxygens (including phenoxy) is 6. The molecule has 1 aliphatic heterocycles. The van der Waals surface area contributed by atoms with E-state index in [0.717, 1.165) is 45.4 Å². The van der Waals surface area contributed by atoms with Crippen molar-refractivity contribution in [2.75, 3.05) is 26.4 Å². The third kappa shape index (κ3) is 19.4. The predicted molar refractivity (Wildman–Crippen MR) is 238 cm³/mol. The topological polar surface area (TPSA) is 221 Å². The van der Waals surface area contributed by atoms with Crippen molar-refractivity contribution < 1.29 is 71.1 Å². The fourth-order valence-corrected chi connectivity index (χ4v) is 8.56.